The lowest BCUT2D eigenvalue weighted by atomic mass is 9.82. The van der Waals surface area contributed by atoms with E-state index in [1.54, 1.807) is 0 Å². The third-order valence-electron chi connectivity index (χ3n) is 5.28. The predicted molar refractivity (Wildman–Crippen MR) is 99.5 cm³/mol. The summed E-state index contributed by atoms with van der Waals surface area (Å²) in [6.45, 7) is 7.84. The van der Waals surface area contributed by atoms with Crippen LogP contribution in [0.1, 0.15) is 51.9 Å². The molecule has 1 heterocycles. The number of hydrogen-bond donors (Lipinski definition) is 2. The largest absolute Gasteiger partial charge is 0.381 e. The summed E-state index contributed by atoms with van der Waals surface area (Å²) in [6, 6.07) is 0. The highest BCUT2D eigenvalue weighted by atomic mass is 16.5. The van der Waals surface area contributed by atoms with Crippen molar-refractivity contribution in [3.63, 3.8) is 0 Å². The van der Waals surface area contributed by atoms with Crippen molar-refractivity contribution < 1.29 is 9.47 Å². The number of rotatable bonds is 8. The normalized spacial score (nSPS) is 26.3. The summed E-state index contributed by atoms with van der Waals surface area (Å²) in [5.41, 5.74) is 0. The number of nitrogens with zero attached hydrogens (tertiary/aromatic N) is 1. The van der Waals surface area contributed by atoms with E-state index in [0.29, 0.717) is 5.92 Å². The first-order valence-electron chi connectivity index (χ1n) is 9.88. The molecule has 0 aromatic carbocycles. The smallest absolute Gasteiger partial charge is 0.190 e. The van der Waals surface area contributed by atoms with Crippen molar-refractivity contribution in [1.29, 1.82) is 0 Å². The second-order valence-electron chi connectivity index (χ2n) is 7.50. The summed E-state index contributed by atoms with van der Waals surface area (Å²) < 4.78 is 11.2. The molecular weight excluding hydrogens is 302 g/mol. The molecular formula is C19H37N3O2. The first-order valence-corrected chi connectivity index (χ1v) is 9.88. The maximum absolute atomic E-state index is 5.80. The zero-order valence-electron chi connectivity index (χ0n) is 15.7. The minimum absolute atomic E-state index is 0.694. The molecule has 2 atom stereocenters. The number of nitrogens with one attached hydrogen (secondary N) is 2. The second-order valence-corrected chi connectivity index (χ2v) is 7.50. The molecule has 1 aliphatic carbocycles. The van der Waals surface area contributed by atoms with Crippen LogP contribution in [0.15, 0.2) is 4.99 Å². The summed E-state index contributed by atoms with van der Waals surface area (Å²) in [6.07, 6.45) is 8.80. The van der Waals surface area contributed by atoms with Gasteiger partial charge < -0.3 is 20.1 Å². The lowest BCUT2D eigenvalue weighted by molar-refractivity contribution is 0.0203. The Morgan fingerprint density at radius 1 is 1.12 bits per heavy atom. The topological polar surface area (TPSA) is 54.9 Å². The fourth-order valence-corrected chi connectivity index (χ4v) is 3.75. The van der Waals surface area contributed by atoms with E-state index in [-0.39, 0.29) is 0 Å². The van der Waals surface area contributed by atoms with Crippen LogP contribution in [0.2, 0.25) is 0 Å². The molecule has 2 N–H and O–H groups in total. The van der Waals surface area contributed by atoms with E-state index in [9.17, 15) is 0 Å². The average molecular weight is 340 g/mol. The van der Waals surface area contributed by atoms with E-state index < -0.39 is 0 Å². The Morgan fingerprint density at radius 3 is 2.71 bits per heavy atom. The lowest BCUT2D eigenvalue weighted by Gasteiger charge is -2.27. The van der Waals surface area contributed by atoms with E-state index >= 15 is 0 Å². The molecule has 0 amide bonds. The highest BCUT2D eigenvalue weighted by Gasteiger charge is 2.18. The molecule has 2 rings (SSSR count). The monoisotopic (exact) mass is 339 g/mol. The Balaban J connectivity index is 1.47. The van der Waals surface area contributed by atoms with Crippen LogP contribution in [-0.2, 0) is 9.47 Å². The van der Waals surface area contributed by atoms with Gasteiger partial charge in [-0.05, 0) is 49.9 Å². The van der Waals surface area contributed by atoms with Crippen molar-refractivity contribution in [3.8, 4) is 0 Å². The van der Waals surface area contributed by atoms with Crippen LogP contribution in [0.25, 0.3) is 0 Å². The third-order valence-corrected chi connectivity index (χ3v) is 5.28. The number of guanidine groups is 1. The molecule has 0 spiro atoms. The second kappa shape index (κ2) is 11.7. The van der Waals surface area contributed by atoms with Gasteiger partial charge in [0, 0.05) is 46.6 Å². The van der Waals surface area contributed by atoms with Gasteiger partial charge in [-0.1, -0.05) is 19.8 Å². The molecule has 1 saturated carbocycles. The van der Waals surface area contributed by atoms with Crippen LogP contribution < -0.4 is 10.6 Å². The maximum atomic E-state index is 5.80. The van der Waals surface area contributed by atoms with E-state index in [1.165, 1.54) is 25.7 Å². The van der Waals surface area contributed by atoms with Crippen LogP contribution in [0, 0.1) is 17.8 Å². The summed E-state index contributed by atoms with van der Waals surface area (Å²) in [5, 5.41) is 6.88. The molecule has 5 nitrogen and oxygen atoms in total. The van der Waals surface area contributed by atoms with Gasteiger partial charge in [0.2, 0.25) is 0 Å². The fourth-order valence-electron chi connectivity index (χ4n) is 3.75. The van der Waals surface area contributed by atoms with E-state index in [0.717, 1.165) is 76.6 Å². The molecule has 0 aromatic rings. The summed E-state index contributed by atoms with van der Waals surface area (Å²) in [5.74, 6) is 3.31. The summed E-state index contributed by atoms with van der Waals surface area (Å²) in [4.78, 5) is 4.32. The first kappa shape index (κ1) is 19.5. The summed E-state index contributed by atoms with van der Waals surface area (Å²) in [7, 11) is 1.85. The molecule has 2 aliphatic rings. The van der Waals surface area contributed by atoms with Crippen molar-refractivity contribution in [2.45, 2.75) is 51.9 Å². The average Bonchev–Trinajstić information content (AvgIpc) is 2.61. The first-order chi connectivity index (χ1) is 11.8. The zero-order chi connectivity index (χ0) is 17.0. The number of hydrogen-bond acceptors (Lipinski definition) is 3. The summed E-state index contributed by atoms with van der Waals surface area (Å²) >= 11 is 0. The van der Waals surface area contributed by atoms with Gasteiger partial charge in [-0.15, -0.1) is 0 Å². The highest BCUT2D eigenvalue weighted by Crippen LogP contribution is 2.27. The zero-order valence-corrected chi connectivity index (χ0v) is 15.7. The molecule has 1 aliphatic heterocycles. The van der Waals surface area contributed by atoms with Gasteiger partial charge in [0.15, 0.2) is 5.96 Å². The van der Waals surface area contributed by atoms with Crippen LogP contribution in [-0.4, -0.2) is 52.5 Å². The lowest BCUT2D eigenvalue weighted by Crippen LogP contribution is -2.41. The SMILES string of the molecule is CN=C(NCCCOCC1CCOCC1)NCC1CCCC(C)C1. The van der Waals surface area contributed by atoms with Gasteiger partial charge in [0.25, 0.3) is 0 Å². The molecule has 0 bridgehead atoms. The quantitative estimate of drug-likeness (QED) is 0.406. The van der Waals surface area contributed by atoms with E-state index in [2.05, 4.69) is 22.5 Å². The van der Waals surface area contributed by atoms with E-state index in [4.69, 9.17) is 9.47 Å². The van der Waals surface area contributed by atoms with Gasteiger partial charge in [-0.3, -0.25) is 4.99 Å². The highest BCUT2D eigenvalue weighted by molar-refractivity contribution is 5.79. The van der Waals surface area contributed by atoms with Gasteiger partial charge in [0.05, 0.1) is 0 Å². The van der Waals surface area contributed by atoms with Crippen molar-refractivity contribution in [1.82, 2.24) is 10.6 Å². The third kappa shape index (κ3) is 7.84. The Labute approximate surface area is 148 Å². The van der Waals surface area contributed by atoms with Crippen LogP contribution in [0.3, 0.4) is 0 Å². The molecule has 140 valence electrons. The minimum atomic E-state index is 0.694. The van der Waals surface area contributed by atoms with Crippen molar-refractivity contribution in [2.75, 3.05) is 46.6 Å². The Kier molecular flexibility index (Phi) is 9.51. The Hall–Kier alpha value is -0.810. The Morgan fingerprint density at radius 2 is 1.96 bits per heavy atom. The molecule has 0 radical (unpaired) electrons. The van der Waals surface area contributed by atoms with Crippen LogP contribution in [0.4, 0.5) is 0 Å². The van der Waals surface area contributed by atoms with Gasteiger partial charge in [-0.2, -0.15) is 0 Å². The van der Waals surface area contributed by atoms with Gasteiger partial charge >= 0.3 is 0 Å². The van der Waals surface area contributed by atoms with Crippen LogP contribution in [0.5, 0.6) is 0 Å². The standard InChI is InChI=1S/C19H37N3O2/c1-16-5-3-6-18(13-16)14-22-19(20-2)21-9-4-10-24-15-17-7-11-23-12-8-17/h16-18H,3-15H2,1-2H3,(H2,20,21,22). The molecule has 5 heteroatoms. The van der Waals surface area contributed by atoms with Crippen molar-refractivity contribution in [2.24, 2.45) is 22.7 Å². The number of aliphatic imine (C=N–C) groups is 1. The molecule has 2 fully saturated rings. The van der Waals surface area contributed by atoms with E-state index in [1.807, 2.05) is 7.05 Å². The molecule has 0 aromatic heterocycles. The fraction of sp³-hybridized carbons (Fsp3) is 0.947. The molecule has 1 saturated heterocycles. The maximum Gasteiger partial charge on any atom is 0.190 e. The molecule has 2 unspecified atom stereocenters. The minimum Gasteiger partial charge on any atom is -0.381 e. The van der Waals surface area contributed by atoms with Gasteiger partial charge in [0.1, 0.15) is 0 Å². The van der Waals surface area contributed by atoms with Crippen molar-refractivity contribution in [3.05, 3.63) is 0 Å². The van der Waals surface area contributed by atoms with Crippen LogP contribution >= 0.6 is 0 Å². The van der Waals surface area contributed by atoms with Gasteiger partial charge in [-0.25, -0.2) is 0 Å². The number of ether oxygens (including phenoxy) is 2. The molecule has 24 heavy (non-hydrogen) atoms. The van der Waals surface area contributed by atoms with Crippen molar-refractivity contribution >= 4 is 5.96 Å². The predicted octanol–water partition coefficient (Wildman–Crippen LogP) is 2.81. The Bertz CT molecular complexity index is 357.